The highest BCUT2D eigenvalue weighted by Crippen LogP contribution is 2.65. The maximum absolute atomic E-state index is 14.2. The zero-order valence-corrected chi connectivity index (χ0v) is 20.8. The summed E-state index contributed by atoms with van der Waals surface area (Å²) in [6, 6.07) is -1.20. The molecular weight excluding hydrogens is 440 g/mol. The van der Waals surface area contributed by atoms with Crippen LogP contribution in [-0.4, -0.2) is 80.1 Å². The van der Waals surface area contributed by atoms with Crippen molar-refractivity contribution in [3.05, 3.63) is 24.3 Å². The molecule has 4 heterocycles. The number of nitrogens with zero attached hydrogens (tertiary/aromatic N) is 2. The van der Waals surface area contributed by atoms with Crippen molar-refractivity contribution in [3.63, 3.8) is 0 Å². The Morgan fingerprint density at radius 2 is 1.94 bits per heavy atom. The van der Waals surface area contributed by atoms with Crippen LogP contribution in [0, 0.1) is 11.8 Å². The van der Waals surface area contributed by atoms with E-state index in [1.165, 1.54) is 0 Å². The van der Waals surface area contributed by atoms with Gasteiger partial charge >= 0.3 is 5.97 Å². The molecule has 7 atom stereocenters. The van der Waals surface area contributed by atoms with Gasteiger partial charge in [0.05, 0.1) is 35.8 Å². The normalized spacial score (nSPS) is 37.6. The topological polar surface area (TPSA) is 87.2 Å². The molecule has 2 unspecified atom stereocenters. The predicted molar refractivity (Wildman–Crippen MR) is 127 cm³/mol. The molecule has 1 N–H and O–H groups in total. The second-order valence-electron chi connectivity index (χ2n) is 9.88. The van der Waals surface area contributed by atoms with Crippen molar-refractivity contribution >= 4 is 29.5 Å². The molecule has 4 rings (SSSR count). The first kappa shape index (κ1) is 24.3. The van der Waals surface area contributed by atoms with Crippen LogP contribution < -0.4 is 0 Å². The number of rotatable bonds is 6. The number of cyclic esters (lactones) is 1. The number of esters is 1. The summed E-state index contributed by atoms with van der Waals surface area (Å²) in [6.45, 7) is 8.58. The van der Waals surface area contributed by atoms with E-state index >= 15 is 0 Å². The summed E-state index contributed by atoms with van der Waals surface area (Å²) >= 11 is 1.55. The highest BCUT2D eigenvalue weighted by Gasteiger charge is 2.74. The molecule has 33 heavy (non-hydrogen) atoms. The van der Waals surface area contributed by atoms with Crippen molar-refractivity contribution in [2.24, 2.45) is 11.8 Å². The Hall–Kier alpha value is -1.80. The van der Waals surface area contributed by atoms with Gasteiger partial charge in [-0.05, 0) is 33.1 Å². The van der Waals surface area contributed by atoms with Crippen LogP contribution in [0.5, 0.6) is 0 Å². The van der Waals surface area contributed by atoms with Crippen LogP contribution in [0.4, 0.5) is 0 Å². The van der Waals surface area contributed by atoms with E-state index in [1.54, 1.807) is 16.7 Å². The van der Waals surface area contributed by atoms with Gasteiger partial charge in [-0.15, -0.1) is 11.8 Å². The van der Waals surface area contributed by atoms with E-state index in [-0.39, 0.29) is 30.4 Å². The van der Waals surface area contributed by atoms with E-state index in [1.807, 2.05) is 50.0 Å². The number of fused-ring (bicyclic) bond motifs is 2. The molecule has 0 bridgehead atoms. The molecule has 0 saturated carbocycles. The standard InChI is InChI=1S/C25H36N2O5S/c1-5-10-16(3)26-13-9-12-25-18(19-23(31)32-14-8-7-11-24(19,4)33-25)21(29)27(17(6-2)15-28)20(25)22(26)30/h7,9,11-12,16-20,28H,5-6,8,10,13-15H2,1-4H3/t16?,17-,18-,19-,20?,24+,25-/m0/s1. The Labute approximate surface area is 200 Å². The molecule has 0 aromatic rings. The van der Waals surface area contributed by atoms with E-state index < -0.39 is 33.4 Å². The lowest BCUT2D eigenvalue weighted by molar-refractivity contribution is -0.154. The highest BCUT2D eigenvalue weighted by atomic mass is 32.2. The Morgan fingerprint density at radius 3 is 2.61 bits per heavy atom. The van der Waals surface area contributed by atoms with Crippen LogP contribution in [0.15, 0.2) is 24.3 Å². The summed E-state index contributed by atoms with van der Waals surface area (Å²) in [6.07, 6.45) is 11.1. The Morgan fingerprint density at radius 1 is 1.18 bits per heavy atom. The molecule has 0 aromatic carbocycles. The van der Waals surface area contributed by atoms with Gasteiger partial charge in [0.1, 0.15) is 6.04 Å². The summed E-state index contributed by atoms with van der Waals surface area (Å²) in [5, 5.41) is 10.1. The number of likely N-dealkylation sites (tertiary alicyclic amines) is 1. The molecule has 2 amide bonds. The van der Waals surface area contributed by atoms with E-state index in [9.17, 15) is 19.5 Å². The summed E-state index contributed by atoms with van der Waals surface area (Å²) in [4.78, 5) is 45.0. The second kappa shape index (κ2) is 9.10. The van der Waals surface area contributed by atoms with Gasteiger partial charge in [-0.1, -0.05) is 44.6 Å². The van der Waals surface area contributed by atoms with E-state index in [0.29, 0.717) is 26.0 Å². The van der Waals surface area contributed by atoms with Gasteiger partial charge in [0, 0.05) is 17.3 Å². The lowest BCUT2D eigenvalue weighted by Gasteiger charge is -2.40. The molecule has 7 nitrogen and oxygen atoms in total. The number of carbonyl (C=O) groups is 3. The number of carbonyl (C=O) groups excluding carboxylic acids is 3. The molecule has 0 aliphatic carbocycles. The zero-order chi connectivity index (χ0) is 24.0. The smallest absolute Gasteiger partial charge is 0.311 e. The van der Waals surface area contributed by atoms with Crippen molar-refractivity contribution in [1.29, 1.82) is 0 Å². The SMILES string of the molecule is CCCC(C)N1CC=C[C@]23S[C@]4(C)C=CCCOC(=O)[C@@H]4[C@H]2C(=O)N([C@@H](CC)CO)C3C1=O. The van der Waals surface area contributed by atoms with Gasteiger partial charge in [-0.2, -0.15) is 0 Å². The van der Waals surface area contributed by atoms with Gasteiger partial charge in [-0.25, -0.2) is 0 Å². The molecule has 0 radical (unpaired) electrons. The predicted octanol–water partition coefficient (Wildman–Crippen LogP) is 2.53. The minimum atomic E-state index is -0.884. The van der Waals surface area contributed by atoms with Gasteiger partial charge in [0.15, 0.2) is 0 Å². The third-order valence-corrected chi connectivity index (χ3v) is 9.60. The minimum Gasteiger partial charge on any atom is -0.465 e. The van der Waals surface area contributed by atoms with Gasteiger partial charge < -0.3 is 19.6 Å². The molecular formula is C25H36N2O5S. The first-order chi connectivity index (χ1) is 15.8. The maximum Gasteiger partial charge on any atom is 0.311 e. The fraction of sp³-hybridized carbons (Fsp3) is 0.720. The molecule has 4 aliphatic heterocycles. The summed E-state index contributed by atoms with van der Waals surface area (Å²) in [5.74, 6) is -2.09. The van der Waals surface area contributed by atoms with Crippen LogP contribution in [0.25, 0.3) is 0 Å². The third-order valence-electron chi connectivity index (χ3n) is 7.80. The number of aliphatic hydroxyl groups is 1. The highest BCUT2D eigenvalue weighted by molar-refractivity contribution is 8.02. The number of thioether (sulfide) groups is 1. The minimum absolute atomic E-state index is 0.0352. The quantitative estimate of drug-likeness (QED) is 0.468. The summed E-state index contributed by atoms with van der Waals surface area (Å²) in [7, 11) is 0. The molecule has 0 aromatic heterocycles. The Kier molecular flexibility index (Phi) is 6.71. The third kappa shape index (κ3) is 3.64. The summed E-state index contributed by atoms with van der Waals surface area (Å²) in [5.41, 5.74) is 0. The van der Waals surface area contributed by atoms with Crippen molar-refractivity contribution in [3.8, 4) is 0 Å². The fourth-order valence-electron chi connectivity index (χ4n) is 6.22. The van der Waals surface area contributed by atoms with Crippen LogP contribution in [0.3, 0.4) is 0 Å². The molecule has 8 heteroatoms. The van der Waals surface area contributed by atoms with Gasteiger partial charge in [-0.3, -0.25) is 14.4 Å². The molecule has 2 fully saturated rings. The Balaban J connectivity index is 1.88. The monoisotopic (exact) mass is 476 g/mol. The van der Waals surface area contributed by atoms with Crippen LogP contribution in [-0.2, 0) is 19.1 Å². The second-order valence-corrected chi connectivity index (χ2v) is 11.7. The molecule has 4 aliphatic rings. The van der Waals surface area contributed by atoms with Crippen LogP contribution >= 0.6 is 11.8 Å². The summed E-state index contributed by atoms with van der Waals surface area (Å²) < 4.78 is 4.01. The molecule has 182 valence electrons. The maximum atomic E-state index is 14.2. The van der Waals surface area contributed by atoms with E-state index in [0.717, 1.165) is 12.8 Å². The van der Waals surface area contributed by atoms with Crippen molar-refractivity contribution in [2.75, 3.05) is 19.8 Å². The van der Waals surface area contributed by atoms with Crippen molar-refractivity contribution < 1.29 is 24.2 Å². The van der Waals surface area contributed by atoms with Crippen molar-refractivity contribution in [2.45, 2.75) is 81.0 Å². The number of amides is 2. The number of ether oxygens (including phenoxy) is 1. The van der Waals surface area contributed by atoms with Crippen molar-refractivity contribution in [1.82, 2.24) is 9.80 Å². The van der Waals surface area contributed by atoms with E-state index in [4.69, 9.17) is 4.74 Å². The molecule has 2 saturated heterocycles. The largest absolute Gasteiger partial charge is 0.465 e. The first-order valence-electron chi connectivity index (χ1n) is 12.2. The van der Waals surface area contributed by atoms with Gasteiger partial charge in [0.2, 0.25) is 11.8 Å². The lowest BCUT2D eigenvalue weighted by Crippen LogP contribution is -2.57. The average Bonchev–Trinajstić information content (AvgIpc) is 3.09. The average molecular weight is 477 g/mol. The fourth-order valence-corrected chi connectivity index (χ4v) is 8.36. The van der Waals surface area contributed by atoms with E-state index in [2.05, 4.69) is 6.92 Å². The molecule has 1 spiro atoms. The number of aliphatic hydroxyl groups excluding tert-OH is 1. The number of hydrogen-bond acceptors (Lipinski definition) is 6. The van der Waals surface area contributed by atoms with Crippen LogP contribution in [0.2, 0.25) is 0 Å². The zero-order valence-electron chi connectivity index (χ0n) is 20.0. The number of hydrogen-bond donors (Lipinski definition) is 1. The van der Waals surface area contributed by atoms with Gasteiger partial charge in [0.25, 0.3) is 0 Å². The first-order valence-corrected chi connectivity index (χ1v) is 13.0. The van der Waals surface area contributed by atoms with Crippen LogP contribution in [0.1, 0.15) is 53.4 Å². The Bertz CT molecular complexity index is 871. The lowest BCUT2D eigenvalue weighted by atomic mass is 9.74.